The van der Waals surface area contributed by atoms with Gasteiger partial charge in [0.1, 0.15) is 5.69 Å². The second-order valence-electron chi connectivity index (χ2n) is 5.77. The Morgan fingerprint density at radius 1 is 1.38 bits per heavy atom. The number of amides is 1. The number of carbonyl (C=O) groups is 1. The van der Waals surface area contributed by atoms with Gasteiger partial charge in [-0.05, 0) is 20.8 Å². The molecule has 24 heavy (non-hydrogen) atoms. The smallest absolute Gasteiger partial charge is 0.276 e. The lowest BCUT2D eigenvalue weighted by Crippen LogP contribution is -2.39. The van der Waals surface area contributed by atoms with Crippen molar-refractivity contribution in [3.8, 4) is 0 Å². The fourth-order valence-corrected chi connectivity index (χ4v) is 5.31. The van der Waals surface area contributed by atoms with Crippen LogP contribution in [-0.4, -0.2) is 40.4 Å². The maximum atomic E-state index is 12.3. The molecule has 0 fully saturated rings. The summed E-state index contributed by atoms with van der Waals surface area (Å²) in [5.74, 6) is -0.294. The minimum absolute atomic E-state index is 0.294. The number of nitrogens with one attached hydrogen (secondary N) is 1. The van der Waals surface area contributed by atoms with Crippen molar-refractivity contribution >= 4 is 43.7 Å². The minimum Gasteiger partial charge on any atom is -0.296 e. The Morgan fingerprint density at radius 2 is 2.12 bits per heavy atom. The predicted octanol–water partition coefficient (Wildman–Crippen LogP) is 2.26. The summed E-state index contributed by atoms with van der Waals surface area (Å²) in [6.07, 6.45) is 0.559. The molecule has 3 rings (SSSR count). The van der Waals surface area contributed by atoms with Crippen molar-refractivity contribution in [2.24, 2.45) is 0 Å². The van der Waals surface area contributed by atoms with Crippen molar-refractivity contribution < 1.29 is 13.2 Å². The van der Waals surface area contributed by atoms with Gasteiger partial charge in [0.15, 0.2) is 5.13 Å². The first-order valence-electron chi connectivity index (χ1n) is 7.48. The van der Waals surface area contributed by atoms with Crippen LogP contribution in [0.1, 0.15) is 39.9 Å². The second kappa shape index (κ2) is 6.51. The molecule has 0 aliphatic carbocycles. The van der Waals surface area contributed by atoms with E-state index in [0.717, 1.165) is 15.6 Å². The normalized spacial score (nSPS) is 15.5. The molecule has 0 bridgehead atoms. The van der Waals surface area contributed by atoms with E-state index in [1.54, 1.807) is 19.2 Å². The van der Waals surface area contributed by atoms with E-state index in [-0.39, 0.29) is 5.91 Å². The Balaban J connectivity index is 1.75. The van der Waals surface area contributed by atoms with E-state index in [1.165, 1.54) is 27.0 Å². The average Bonchev–Trinajstić information content (AvgIpc) is 3.11. The number of aryl methyl sites for hydroxylation is 1. The predicted molar refractivity (Wildman–Crippen MR) is 95.1 cm³/mol. The summed E-state index contributed by atoms with van der Waals surface area (Å²) < 4.78 is 26.1. The first-order valence-corrected chi connectivity index (χ1v) is 10.7. The topological polar surface area (TPSA) is 92.3 Å². The lowest BCUT2D eigenvalue weighted by Gasteiger charge is -2.26. The first kappa shape index (κ1) is 17.5. The van der Waals surface area contributed by atoms with Crippen molar-refractivity contribution in [3.63, 3.8) is 0 Å². The molecule has 7 nitrogen and oxygen atoms in total. The Bertz CT molecular complexity index is 870. The molecule has 0 saturated heterocycles. The zero-order valence-electron chi connectivity index (χ0n) is 13.6. The molecule has 10 heteroatoms. The number of fused-ring (bicyclic) bond motifs is 1. The van der Waals surface area contributed by atoms with Gasteiger partial charge in [0.05, 0.1) is 16.0 Å². The fourth-order valence-electron chi connectivity index (χ4n) is 2.37. The van der Waals surface area contributed by atoms with Gasteiger partial charge in [-0.2, -0.15) is 4.31 Å². The number of hydrogen-bond donors (Lipinski definition) is 1. The Hall–Kier alpha value is -1.36. The van der Waals surface area contributed by atoms with Gasteiger partial charge in [-0.15, -0.1) is 22.7 Å². The summed E-state index contributed by atoms with van der Waals surface area (Å²) in [4.78, 5) is 21.6. The van der Waals surface area contributed by atoms with Gasteiger partial charge in [0, 0.05) is 29.8 Å². The van der Waals surface area contributed by atoms with Gasteiger partial charge in [-0.25, -0.2) is 18.4 Å². The van der Waals surface area contributed by atoms with Crippen LogP contribution < -0.4 is 5.32 Å². The van der Waals surface area contributed by atoms with Crippen LogP contribution in [0.4, 0.5) is 5.13 Å². The van der Waals surface area contributed by atoms with E-state index < -0.39 is 15.3 Å². The maximum Gasteiger partial charge on any atom is 0.276 e. The van der Waals surface area contributed by atoms with E-state index in [9.17, 15) is 13.2 Å². The molecule has 2 aromatic heterocycles. The van der Waals surface area contributed by atoms with Crippen molar-refractivity contribution in [2.75, 3.05) is 11.9 Å². The Morgan fingerprint density at radius 3 is 2.75 bits per heavy atom. The zero-order chi connectivity index (χ0) is 17.5. The van der Waals surface area contributed by atoms with Crippen LogP contribution in [0, 0.1) is 6.92 Å². The standard InChI is InChI=1S/C14H18N4O3S3/c1-8(2)24(20,21)18-5-4-10-12(6-18)23-14(16-10)17-13(19)11-7-22-9(3)15-11/h7-8H,4-6H2,1-3H3,(H,16,17,19). The number of nitrogens with zero attached hydrogens (tertiary/aromatic N) is 3. The van der Waals surface area contributed by atoms with E-state index in [1.807, 2.05) is 6.92 Å². The molecule has 0 spiro atoms. The number of aromatic nitrogens is 2. The molecule has 0 saturated carbocycles. The molecule has 2 aromatic rings. The molecular formula is C14H18N4O3S3. The van der Waals surface area contributed by atoms with Gasteiger partial charge in [-0.3, -0.25) is 10.1 Å². The number of carbonyl (C=O) groups excluding carboxylic acids is 1. The second-order valence-corrected chi connectivity index (χ2v) is 10.4. The highest BCUT2D eigenvalue weighted by Gasteiger charge is 2.31. The number of thiazole rings is 2. The maximum absolute atomic E-state index is 12.3. The summed E-state index contributed by atoms with van der Waals surface area (Å²) in [5, 5.41) is 5.32. The third-order valence-electron chi connectivity index (χ3n) is 3.72. The van der Waals surface area contributed by atoms with Crippen molar-refractivity contribution in [2.45, 2.75) is 39.0 Å². The molecular weight excluding hydrogens is 368 g/mol. The summed E-state index contributed by atoms with van der Waals surface area (Å²) in [5.41, 5.74) is 1.23. The third-order valence-corrected chi connectivity index (χ3v) is 7.72. The van der Waals surface area contributed by atoms with Gasteiger partial charge >= 0.3 is 0 Å². The fraction of sp³-hybridized carbons (Fsp3) is 0.500. The Kier molecular flexibility index (Phi) is 4.73. The van der Waals surface area contributed by atoms with Crippen molar-refractivity contribution in [1.29, 1.82) is 0 Å². The third kappa shape index (κ3) is 3.37. The van der Waals surface area contributed by atoms with Crippen molar-refractivity contribution in [1.82, 2.24) is 14.3 Å². The molecule has 0 unspecified atom stereocenters. The molecule has 0 radical (unpaired) electrons. The summed E-state index contributed by atoms with van der Waals surface area (Å²) >= 11 is 2.74. The number of sulfonamides is 1. The summed E-state index contributed by atoms with van der Waals surface area (Å²) in [6.45, 7) is 5.94. The highest BCUT2D eigenvalue weighted by atomic mass is 32.2. The van der Waals surface area contributed by atoms with E-state index >= 15 is 0 Å². The average molecular weight is 387 g/mol. The molecule has 0 atom stereocenters. The van der Waals surface area contributed by atoms with Gasteiger partial charge in [0.25, 0.3) is 5.91 Å². The monoisotopic (exact) mass is 386 g/mol. The summed E-state index contributed by atoms with van der Waals surface area (Å²) in [6, 6.07) is 0. The highest BCUT2D eigenvalue weighted by Crippen LogP contribution is 2.30. The first-order chi connectivity index (χ1) is 11.3. The van der Waals surface area contributed by atoms with Crippen LogP contribution in [0.25, 0.3) is 0 Å². The quantitative estimate of drug-likeness (QED) is 0.870. The van der Waals surface area contributed by atoms with Crippen LogP contribution in [0.15, 0.2) is 5.38 Å². The lowest BCUT2D eigenvalue weighted by molar-refractivity contribution is 0.102. The molecule has 1 aliphatic heterocycles. The Labute approximate surface area is 148 Å². The number of rotatable bonds is 4. The van der Waals surface area contributed by atoms with Gasteiger partial charge in [-0.1, -0.05) is 0 Å². The van der Waals surface area contributed by atoms with Crippen LogP contribution in [0.3, 0.4) is 0 Å². The van der Waals surface area contributed by atoms with E-state index in [0.29, 0.717) is 30.3 Å². The van der Waals surface area contributed by atoms with E-state index in [2.05, 4.69) is 15.3 Å². The molecule has 1 amide bonds. The van der Waals surface area contributed by atoms with Crippen LogP contribution in [0.5, 0.6) is 0 Å². The molecule has 130 valence electrons. The molecule has 0 aromatic carbocycles. The van der Waals surface area contributed by atoms with Crippen LogP contribution >= 0.6 is 22.7 Å². The van der Waals surface area contributed by atoms with E-state index in [4.69, 9.17) is 0 Å². The highest BCUT2D eigenvalue weighted by molar-refractivity contribution is 7.89. The molecule has 1 aliphatic rings. The van der Waals surface area contributed by atoms with Gasteiger partial charge < -0.3 is 0 Å². The lowest BCUT2D eigenvalue weighted by atomic mass is 10.2. The van der Waals surface area contributed by atoms with Crippen molar-refractivity contribution in [3.05, 3.63) is 26.7 Å². The largest absolute Gasteiger partial charge is 0.296 e. The number of anilines is 1. The molecule has 1 N–H and O–H groups in total. The molecule has 3 heterocycles. The minimum atomic E-state index is -3.28. The summed E-state index contributed by atoms with van der Waals surface area (Å²) in [7, 11) is -3.28. The zero-order valence-corrected chi connectivity index (χ0v) is 16.0. The van der Waals surface area contributed by atoms with Crippen LogP contribution in [0.2, 0.25) is 0 Å². The number of hydrogen-bond acceptors (Lipinski definition) is 7. The van der Waals surface area contributed by atoms with Crippen LogP contribution in [-0.2, 0) is 23.0 Å². The van der Waals surface area contributed by atoms with Gasteiger partial charge in [0.2, 0.25) is 10.0 Å². The SMILES string of the molecule is Cc1nc(C(=O)Nc2nc3c(s2)CN(S(=O)(=O)C(C)C)CC3)cs1.